The first-order valence-corrected chi connectivity index (χ1v) is 11.6. The van der Waals surface area contributed by atoms with Gasteiger partial charge in [0.2, 0.25) is 12.2 Å². The molecule has 0 bridgehead atoms. The molecule has 0 unspecified atom stereocenters. The average Bonchev–Trinajstić information content (AvgIpc) is 2.78. The van der Waals surface area contributed by atoms with Gasteiger partial charge in [-0.05, 0) is 56.0 Å². The molecule has 170 valence electrons. The van der Waals surface area contributed by atoms with E-state index in [0.29, 0.717) is 24.2 Å². The van der Waals surface area contributed by atoms with Crippen molar-refractivity contribution in [2.45, 2.75) is 64.2 Å². The number of nitrogens with zero attached hydrogens (tertiary/aromatic N) is 5. The van der Waals surface area contributed by atoms with E-state index in [1.165, 1.54) is 32.1 Å². The quantitative estimate of drug-likeness (QED) is 0.125. The van der Waals surface area contributed by atoms with Crippen molar-refractivity contribution >= 4 is 29.0 Å². The fraction of sp³-hybridized carbons (Fsp3) is 0.636. The predicted molar refractivity (Wildman–Crippen MR) is 128 cm³/mol. The molecule has 1 fully saturated rings. The van der Waals surface area contributed by atoms with Gasteiger partial charge in [-0.1, -0.05) is 38.5 Å². The van der Waals surface area contributed by atoms with Crippen LogP contribution in [0.2, 0.25) is 0 Å². The van der Waals surface area contributed by atoms with Crippen LogP contribution in [0.15, 0.2) is 29.5 Å². The summed E-state index contributed by atoms with van der Waals surface area (Å²) in [7, 11) is 0. The summed E-state index contributed by atoms with van der Waals surface area (Å²) in [5.41, 5.74) is 12.7. The number of thiocarbonyl (C=S) groups is 1. The molecule has 31 heavy (non-hydrogen) atoms. The summed E-state index contributed by atoms with van der Waals surface area (Å²) in [5.74, 6) is 0.835. The Morgan fingerprint density at radius 2 is 1.74 bits per heavy atom. The lowest BCUT2D eigenvalue weighted by molar-refractivity contribution is -0.116. The second-order valence-corrected chi connectivity index (χ2v) is 8.35. The first-order chi connectivity index (χ1) is 15.1. The Balaban J connectivity index is 1.64. The molecule has 1 aliphatic carbocycles. The van der Waals surface area contributed by atoms with E-state index in [4.69, 9.17) is 33.8 Å². The third-order valence-electron chi connectivity index (χ3n) is 5.60. The molecule has 1 heterocycles. The second-order valence-electron chi connectivity index (χ2n) is 7.93. The van der Waals surface area contributed by atoms with Crippen molar-refractivity contribution in [3.63, 3.8) is 0 Å². The largest absolute Gasteiger partial charge is 0.374 e. The lowest BCUT2D eigenvalue weighted by Gasteiger charge is -2.27. The zero-order valence-corrected chi connectivity index (χ0v) is 19.1. The van der Waals surface area contributed by atoms with E-state index < -0.39 is 0 Å². The van der Waals surface area contributed by atoms with Crippen molar-refractivity contribution in [2.24, 2.45) is 22.4 Å². The Kier molecular flexibility index (Phi) is 11.6. The Morgan fingerprint density at radius 1 is 1.10 bits per heavy atom. The Bertz CT molecular complexity index is 716. The molecule has 8 nitrogen and oxygen atoms in total. The van der Waals surface area contributed by atoms with Gasteiger partial charge in [0.15, 0.2) is 5.11 Å². The van der Waals surface area contributed by atoms with Gasteiger partial charge in [-0.3, -0.25) is 9.82 Å². The molecule has 1 saturated carbocycles. The molecule has 1 aromatic heterocycles. The smallest absolute Gasteiger partial charge is 0.211 e. The highest BCUT2D eigenvalue weighted by atomic mass is 32.1. The van der Waals surface area contributed by atoms with E-state index in [1.54, 1.807) is 23.7 Å². The summed E-state index contributed by atoms with van der Waals surface area (Å²) in [4.78, 5) is 15.5. The normalized spacial score (nSPS) is 14.7. The number of guanidine groups is 1. The highest BCUT2D eigenvalue weighted by molar-refractivity contribution is 7.80. The zero-order chi connectivity index (χ0) is 22.3. The van der Waals surface area contributed by atoms with Crippen LogP contribution in [0.5, 0.6) is 0 Å². The van der Waals surface area contributed by atoms with Gasteiger partial charge >= 0.3 is 0 Å². The van der Waals surface area contributed by atoms with Crippen LogP contribution in [0.3, 0.4) is 0 Å². The highest BCUT2D eigenvalue weighted by Gasteiger charge is 2.16. The van der Waals surface area contributed by atoms with Gasteiger partial charge in [0, 0.05) is 31.2 Å². The maximum absolute atomic E-state index is 8.81. The molecule has 2 rings (SSSR count). The molecule has 4 N–H and O–H groups in total. The van der Waals surface area contributed by atoms with E-state index in [-0.39, 0.29) is 5.96 Å². The van der Waals surface area contributed by atoms with Gasteiger partial charge < -0.3 is 16.4 Å². The predicted octanol–water partition coefficient (Wildman–Crippen LogP) is 3.69. The molecule has 0 saturated heterocycles. The van der Waals surface area contributed by atoms with Crippen LogP contribution in [-0.2, 0) is 4.84 Å². The molecule has 1 aliphatic rings. The van der Waals surface area contributed by atoms with Crippen molar-refractivity contribution in [3.8, 4) is 6.19 Å². The molecule has 0 radical (unpaired) electrons. The number of hydrogen-bond donors (Lipinski definition) is 2. The van der Waals surface area contributed by atoms with Crippen molar-refractivity contribution in [1.82, 2.24) is 10.0 Å². The summed E-state index contributed by atoms with van der Waals surface area (Å²) in [5, 5.41) is 10.8. The number of hydroxylamine groups is 2. The standard InChI is InChI=1S/C22H35N7OS/c23-18-27-21(24)28(20-11-13-26-14-12-20)15-7-2-1-3-8-16-29(22(25)31)30-17-19-9-5-4-6-10-19/h11-14,19H,1-10,15-17H2,(H2,24,27)(H2,25,31). The molecule has 9 heteroatoms. The van der Waals surface area contributed by atoms with Crippen LogP contribution in [0.1, 0.15) is 64.2 Å². The number of pyridine rings is 1. The highest BCUT2D eigenvalue weighted by Crippen LogP contribution is 2.24. The van der Waals surface area contributed by atoms with Gasteiger partial charge in [-0.2, -0.15) is 5.26 Å². The van der Waals surface area contributed by atoms with Crippen molar-refractivity contribution in [3.05, 3.63) is 24.5 Å². The summed E-state index contributed by atoms with van der Waals surface area (Å²) in [6.45, 7) is 2.14. The van der Waals surface area contributed by atoms with E-state index in [0.717, 1.165) is 44.3 Å². The number of nitrogens with two attached hydrogens (primary N) is 2. The Hall–Kier alpha value is -2.44. The van der Waals surface area contributed by atoms with Crippen LogP contribution < -0.4 is 16.4 Å². The maximum atomic E-state index is 8.81. The Labute approximate surface area is 191 Å². The third-order valence-corrected chi connectivity index (χ3v) is 5.80. The number of aliphatic imine (C=N–C) groups is 1. The van der Waals surface area contributed by atoms with Crippen LogP contribution in [0.4, 0.5) is 5.69 Å². The van der Waals surface area contributed by atoms with Crippen molar-refractivity contribution < 1.29 is 4.84 Å². The van der Waals surface area contributed by atoms with E-state index in [9.17, 15) is 0 Å². The van der Waals surface area contributed by atoms with Gasteiger partial charge in [-0.15, -0.1) is 4.99 Å². The molecule has 0 aromatic carbocycles. The maximum Gasteiger partial charge on any atom is 0.211 e. The first-order valence-electron chi connectivity index (χ1n) is 11.2. The fourth-order valence-corrected chi connectivity index (χ4v) is 4.00. The van der Waals surface area contributed by atoms with Gasteiger partial charge in [-0.25, -0.2) is 5.06 Å². The summed E-state index contributed by atoms with van der Waals surface area (Å²) in [6, 6.07) is 3.72. The van der Waals surface area contributed by atoms with Crippen LogP contribution in [0, 0.1) is 17.4 Å². The summed E-state index contributed by atoms with van der Waals surface area (Å²) in [6.07, 6.45) is 16.7. The molecule has 0 atom stereocenters. The van der Waals surface area contributed by atoms with Crippen molar-refractivity contribution in [1.29, 1.82) is 5.26 Å². The molecule has 0 amide bonds. The fourth-order valence-electron chi connectivity index (χ4n) is 3.85. The SMILES string of the molecule is N#CN=C(N)N(CCCCCCCN(OCC1CCCCC1)C(N)=S)c1ccncc1. The minimum atomic E-state index is 0.205. The monoisotopic (exact) mass is 445 g/mol. The molecular weight excluding hydrogens is 410 g/mol. The molecule has 1 aromatic rings. The zero-order valence-electron chi connectivity index (χ0n) is 18.3. The van der Waals surface area contributed by atoms with Gasteiger partial charge in [0.05, 0.1) is 6.61 Å². The van der Waals surface area contributed by atoms with Crippen molar-refractivity contribution in [2.75, 3.05) is 24.6 Å². The van der Waals surface area contributed by atoms with Gasteiger partial charge in [0.25, 0.3) is 0 Å². The van der Waals surface area contributed by atoms with Crippen LogP contribution in [-0.4, -0.2) is 40.8 Å². The number of rotatable bonds is 12. The minimum Gasteiger partial charge on any atom is -0.374 e. The molecule has 0 spiro atoms. The minimum absolute atomic E-state index is 0.205. The number of hydrogen-bond acceptors (Lipinski definition) is 5. The topological polar surface area (TPSA) is 117 Å². The van der Waals surface area contributed by atoms with E-state index in [1.807, 2.05) is 17.0 Å². The van der Waals surface area contributed by atoms with Crippen LogP contribution >= 0.6 is 12.2 Å². The number of anilines is 1. The number of nitriles is 1. The lowest BCUT2D eigenvalue weighted by atomic mass is 9.90. The van der Waals surface area contributed by atoms with Crippen LogP contribution in [0.25, 0.3) is 0 Å². The van der Waals surface area contributed by atoms with E-state index >= 15 is 0 Å². The number of aromatic nitrogens is 1. The third kappa shape index (κ3) is 9.49. The lowest BCUT2D eigenvalue weighted by Crippen LogP contribution is -2.38. The summed E-state index contributed by atoms with van der Waals surface area (Å²) < 4.78 is 0. The first kappa shape index (κ1) is 24.8. The average molecular weight is 446 g/mol. The second kappa shape index (κ2) is 14.5. The Morgan fingerprint density at radius 3 is 2.39 bits per heavy atom. The number of unbranched alkanes of at least 4 members (excludes halogenated alkanes) is 4. The van der Waals surface area contributed by atoms with E-state index in [2.05, 4.69) is 9.98 Å². The summed E-state index contributed by atoms with van der Waals surface area (Å²) >= 11 is 5.15. The molecule has 0 aliphatic heterocycles. The molecular formula is C22H35N7OS. The van der Waals surface area contributed by atoms with Gasteiger partial charge in [0.1, 0.15) is 0 Å².